The van der Waals surface area contributed by atoms with Gasteiger partial charge in [0.25, 0.3) is 0 Å². The van der Waals surface area contributed by atoms with Crippen LogP contribution in [0.15, 0.2) is 48.5 Å². The topological polar surface area (TPSA) is 95.9 Å². The lowest BCUT2D eigenvalue weighted by atomic mass is 9.78. The van der Waals surface area contributed by atoms with Crippen LogP contribution < -0.4 is 5.32 Å². The number of hydrogen-bond donors (Lipinski definition) is 2. The van der Waals surface area contributed by atoms with Gasteiger partial charge in [-0.15, -0.1) is 11.8 Å². The second-order valence-corrected chi connectivity index (χ2v) is 10.5. The third-order valence-electron chi connectivity index (χ3n) is 7.53. The van der Waals surface area contributed by atoms with Gasteiger partial charge in [-0.1, -0.05) is 61.4 Å². The molecule has 2 aliphatic carbocycles. The van der Waals surface area contributed by atoms with Crippen molar-refractivity contribution in [3.63, 3.8) is 0 Å². The second kappa shape index (κ2) is 10.3. The number of amides is 2. The number of carboxylic acid groups (broad SMARTS) is 1. The van der Waals surface area contributed by atoms with Crippen molar-refractivity contribution in [3.8, 4) is 11.1 Å². The van der Waals surface area contributed by atoms with Gasteiger partial charge in [0, 0.05) is 24.1 Å². The van der Waals surface area contributed by atoms with Crippen LogP contribution >= 0.6 is 11.8 Å². The lowest BCUT2D eigenvalue weighted by molar-refractivity contribution is -0.150. The summed E-state index contributed by atoms with van der Waals surface area (Å²) >= 11 is 1.47. The number of thioether (sulfide) groups is 1. The summed E-state index contributed by atoms with van der Waals surface area (Å²) in [6.07, 6.45) is 3.01. The second-order valence-electron chi connectivity index (χ2n) is 9.52. The molecule has 2 unspecified atom stereocenters. The molecule has 0 bridgehead atoms. The minimum absolute atomic E-state index is 0.00206. The molecule has 2 aromatic rings. The van der Waals surface area contributed by atoms with E-state index in [0.717, 1.165) is 36.8 Å². The number of carbonyl (C=O) groups excluding carboxylic acids is 2. The monoisotopic (exact) mass is 494 g/mol. The molecule has 8 heteroatoms. The molecule has 1 aliphatic heterocycles. The molecule has 2 N–H and O–H groups in total. The van der Waals surface area contributed by atoms with E-state index < -0.39 is 18.1 Å². The Hall–Kier alpha value is -3.00. The lowest BCUT2D eigenvalue weighted by Gasteiger charge is -2.34. The van der Waals surface area contributed by atoms with Gasteiger partial charge < -0.3 is 20.1 Å². The minimum atomic E-state index is -0.951. The number of alkyl carbamates (subject to hydrolysis) is 1. The lowest BCUT2D eigenvalue weighted by Crippen LogP contribution is -2.48. The number of nitrogens with zero attached hydrogens (tertiary/aromatic N) is 1. The number of hydrogen-bond acceptors (Lipinski definition) is 5. The SMILES string of the molecule is O=C(NCC1CCCCC1C(=O)N1CSC[C@H]1C(=O)O)OCC1c2ccccc2-c2ccccc21. The minimum Gasteiger partial charge on any atom is -0.480 e. The van der Waals surface area contributed by atoms with Gasteiger partial charge in [-0.05, 0) is 41.0 Å². The van der Waals surface area contributed by atoms with Gasteiger partial charge in [0.1, 0.15) is 12.6 Å². The number of carbonyl (C=O) groups is 3. The fourth-order valence-electron chi connectivity index (χ4n) is 5.72. The van der Waals surface area contributed by atoms with Crippen molar-refractivity contribution in [3.05, 3.63) is 59.7 Å². The number of nitrogens with one attached hydrogen (secondary N) is 1. The van der Waals surface area contributed by atoms with E-state index in [4.69, 9.17) is 4.74 Å². The van der Waals surface area contributed by atoms with Crippen LogP contribution in [-0.4, -0.2) is 58.8 Å². The molecule has 35 heavy (non-hydrogen) atoms. The number of rotatable bonds is 6. The smallest absolute Gasteiger partial charge is 0.407 e. The Balaban J connectivity index is 1.19. The first kappa shape index (κ1) is 23.7. The summed E-state index contributed by atoms with van der Waals surface area (Å²) < 4.78 is 5.65. The van der Waals surface area contributed by atoms with Crippen LogP contribution in [0.5, 0.6) is 0 Å². The van der Waals surface area contributed by atoms with Gasteiger partial charge in [-0.2, -0.15) is 0 Å². The Morgan fingerprint density at radius 2 is 1.66 bits per heavy atom. The quantitative estimate of drug-likeness (QED) is 0.621. The van der Waals surface area contributed by atoms with E-state index in [9.17, 15) is 19.5 Å². The summed E-state index contributed by atoms with van der Waals surface area (Å²) in [5.74, 6) is -0.489. The molecule has 2 fully saturated rings. The Bertz CT molecular complexity index is 1080. The Labute approximate surface area is 209 Å². The third kappa shape index (κ3) is 4.76. The highest BCUT2D eigenvalue weighted by Crippen LogP contribution is 2.44. The molecule has 1 saturated heterocycles. The summed E-state index contributed by atoms with van der Waals surface area (Å²) in [6.45, 7) is 0.601. The summed E-state index contributed by atoms with van der Waals surface area (Å²) in [5.41, 5.74) is 4.69. The number of ether oxygens (including phenoxy) is 1. The van der Waals surface area contributed by atoms with Gasteiger partial charge in [0.05, 0.1) is 5.88 Å². The largest absolute Gasteiger partial charge is 0.480 e. The molecule has 0 aromatic heterocycles. The van der Waals surface area contributed by atoms with Crippen LogP contribution in [0.4, 0.5) is 4.79 Å². The van der Waals surface area contributed by atoms with Crippen LogP contribution in [0.25, 0.3) is 11.1 Å². The van der Waals surface area contributed by atoms with Crippen molar-refractivity contribution in [2.24, 2.45) is 11.8 Å². The zero-order valence-corrected chi connectivity index (χ0v) is 20.3. The van der Waals surface area contributed by atoms with Gasteiger partial charge in [0.15, 0.2) is 0 Å². The van der Waals surface area contributed by atoms with Crippen molar-refractivity contribution < 1.29 is 24.2 Å². The standard InChI is InChI=1S/C27H30N2O5S/c30-25(29-16-35-15-24(29)26(31)32)18-8-2-1-7-17(18)13-28-27(33)34-14-23-21-11-5-3-9-19(21)20-10-4-6-12-22(20)23/h3-6,9-12,17-18,23-24H,1-2,7-8,13-16H2,(H,28,33)(H,31,32)/t17?,18?,24-/m0/s1. The normalized spacial score (nSPS) is 23.4. The molecule has 1 saturated carbocycles. The van der Waals surface area contributed by atoms with Gasteiger partial charge >= 0.3 is 12.1 Å². The molecule has 3 atom stereocenters. The Morgan fingerprint density at radius 1 is 1.00 bits per heavy atom. The predicted molar refractivity (Wildman–Crippen MR) is 134 cm³/mol. The van der Waals surface area contributed by atoms with Crippen molar-refractivity contribution in [2.45, 2.75) is 37.6 Å². The fraction of sp³-hybridized carbons (Fsp3) is 0.444. The van der Waals surface area contributed by atoms with Crippen LogP contribution in [0.2, 0.25) is 0 Å². The van der Waals surface area contributed by atoms with Gasteiger partial charge in [0.2, 0.25) is 5.91 Å². The molecule has 184 valence electrons. The Kier molecular flexibility index (Phi) is 7.00. The maximum absolute atomic E-state index is 13.2. The first-order valence-corrected chi connectivity index (χ1v) is 13.4. The molecule has 5 rings (SSSR count). The number of fused-ring (bicyclic) bond motifs is 3. The van der Waals surface area contributed by atoms with Crippen LogP contribution in [0, 0.1) is 11.8 Å². The van der Waals surface area contributed by atoms with Crippen molar-refractivity contribution in [2.75, 3.05) is 24.8 Å². The van der Waals surface area contributed by atoms with E-state index >= 15 is 0 Å². The zero-order valence-electron chi connectivity index (χ0n) is 19.5. The average Bonchev–Trinajstić information content (AvgIpc) is 3.50. The molecule has 0 radical (unpaired) electrons. The maximum atomic E-state index is 13.2. The highest BCUT2D eigenvalue weighted by molar-refractivity contribution is 7.99. The molecule has 1 heterocycles. The van der Waals surface area contributed by atoms with E-state index in [1.54, 1.807) is 0 Å². The summed E-state index contributed by atoms with van der Waals surface area (Å²) in [5, 5.41) is 12.3. The molecule has 2 aromatic carbocycles. The summed E-state index contributed by atoms with van der Waals surface area (Å²) in [6, 6.07) is 15.7. The molecule has 2 amide bonds. The van der Waals surface area contributed by atoms with Crippen molar-refractivity contribution in [1.82, 2.24) is 10.2 Å². The van der Waals surface area contributed by atoms with Crippen LogP contribution in [0.3, 0.4) is 0 Å². The van der Waals surface area contributed by atoms with Gasteiger partial charge in [-0.25, -0.2) is 9.59 Å². The molecular formula is C27H30N2O5S. The number of carboxylic acids is 1. The van der Waals surface area contributed by atoms with Gasteiger partial charge in [-0.3, -0.25) is 4.79 Å². The molecule has 7 nitrogen and oxygen atoms in total. The van der Waals surface area contributed by atoms with Crippen LogP contribution in [-0.2, 0) is 14.3 Å². The highest BCUT2D eigenvalue weighted by Gasteiger charge is 2.41. The number of benzene rings is 2. The fourth-order valence-corrected chi connectivity index (χ4v) is 6.87. The third-order valence-corrected chi connectivity index (χ3v) is 8.54. The van der Waals surface area contributed by atoms with Crippen LogP contribution in [0.1, 0.15) is 42.7 Å². The molecule has 3 aliphatic rings. The molecular weight excluding hydrogens is 464 g/mol. The predicted octanol–water partition coefficient (Wildman–Crippen LogP) is 4.32. The van der Waals surface area contributed by atoms with E-state index in [-0.39, 0.29) is 30.3 Å². The van der Waals surface area contributed by atoms with E-state index in [0.29, 0.717) is 18.2 Å². The summed E-state index contributed by atoms with van der Waals surface area (Å²) in [7, 11) is 0. The first-order chi connectivity index (χ1) is 17.0. The van der Waals surface area contributed by atoms with E-state index in [1.165, 1.54) is 27.8 Å². The van der Waals surface area contributed by atoms with Crippen molar-refractivity contribution >= 4 is 29.7 Å². The zero-order chi connectivity index (χ0) is 24.4. The molecule has 0 spiro atoms. The number of aliphatic carboxylic acids is 1. The van der Waals surface area contributed by atoms with Crippen molar-refractivity contribution in [1.29, 1.82) is 0 Å². The average molecular weight is 495 g/mol. The van der Waals surface area contributed by atoms with E-state index in [1.807, 2.05) is 24.3 Å². The summed E-state index contributed by atoms with van der Waals surface area (Å²) in [4.78, 5) is 38.9. The Morgan fingerprint density at radius 3 is 2.34 bits per heavy atom. The van der Waals surface area contributed by atoms with E-state index in [2.05, 4.69) is 29.6 Å². The maximum Gasteiger partial charge on any atom is 0.407 e. The highest BCUT2D eigenvalue weighted by atomic mass is 32.2. The first-order valence-electron chi connectivity index (χ1n) is 12.2.